The van der Waals surface area contributed by atoms with Crippen LogP contribution < -0.4 is 5.48 Å². The maximum absolute atomic E-state index is 8.46. The number of hydrogen-bond acceptors (Lipinski definition) is 2. The summed E-state index contributed by atoms with van der Waals surface area (Å²) in [5, 5.41) is 8.46. The van der Waals surface area contributed by atoms with Gasteiger partial charge in [-0.05, 0) is 18.1 Å². The van der Waals surface area contributed by atoms with E-state index in [4.69, 9.17) is 5.21 Å². The molecule has 0 saturated heterocycles. The van der Waals surface area contributed by atoms with Crippen molar-refractivity contribution in [3.8, 4) is 0 Å². The smallest absolute Gasteiger partial charge is 0.0469 e. The minimum Gasteiger partial charge on any atom is -0.316 e. The van der Waals surface area contributed by atoms with Gasteiger partial charge in [-0.1, -0.05) is 34.1 Å². The molecule has 3 heteroatoms. The molecular formula is C8H10BrNO. The fourth-order valence-electron chi connectivity index (χ4n) is 0.930. The third kappa shape index (κ3) is 2.02. The summed E-state index contributed by atoms with van der Waals surface area (Å²) < 4.78 is 1.06. The van der Waals surface area contributed by atoms with Gasteiger partial charge in [-0.15, -0.1) is 0 Å². The lowest BCUT2D eigenvalue weighted by molar-refractivity contribution is 0.161. The molecule has 0 saturated carbocycles. The van der Waals surface area contributed by atoms with E-state index in [1.807, 2.05) is 25.1 Å². The first kappa shape index (κ1) is 8.71. The summed E-state index contributed by atoms with van der Waals surface area (Å²) in [5.41, 5.74) is 4.36. The first-order valence-electron chi connectivity index (χ1n) is 3.36. The molecule has 0 radical (unpaired) electrons. The highest BCUT2D eigenvalue weighted by atomic mass is 79.9. The van der Waals surface area contributed by atoms with Crippen LogP contribution in [0.2, 0.25) is 0 Å². The van der Waals surface area contributed by atoms with Crippen LogP contribution in [0.5, 0.6) is 0 Å². The number of halogens is 1. The molecule has 1 aromatic carbocycles. The molecule has 0 aliphatic rings. The molecule has 1 aromatic rings. The quantitative estimate of drug-likeness (QED) is 0.743. The number of benzene rings is 1. The van der Waals surface area contributed by atoms with Crippen LogP contribution in [-0.4, -0.2) is 5.21 Å². The monoisotopic (exact) mass is 215 g/mol. The van der Waals surface area contributed by atoms with Crippen molar-refractivity contribution in [2.75, 3.05) is 0 Å². The molecular weight excluding hydrogens is 206 g/mol. The van der Waals surface area contributed by atoms with E-state index in [0.29, 0.717) is 6.54 Å². The van der Waals surface area contributed by atoms with Gasteiger partial charge in [-0.25, -0.2) is 5.48 Å². The lowest BCUT2D eigenvalue weighted by Gasteiger charge is -2.04. The summed E-state index contributed by atoms with van der Waals surface area (Å²) in [6.45, 7) is 2.49. The highest BCUT2D eigenvalue weighted by Crippen LogP contribution is 2.20. The van der Waals surface area contributed by atoms with E-state index >= 15 is 0 Å². The molecule has 60 valence electrons. The molecule has 0 atom stereocenters. The van der Waals surface area contributed by atoms with Crippen LogP contribution in [-0.2, 0) is 6.54 Å². The first-order valence-corrected chi connectivity index (χ1v) is 4.16. The minimum absolute atomic E-state index is 0.474. The van der Waals surface area contributed by atoms with Crippen molar-refractivity contribution in [1.29, 1.82) is 0 Å². The van der Waals surface area contributed by atoms with Gasteiger partial charge in [0.15, 0.2) is 0 Å². The summed E-state index contributed by atoms with van der Waals surface area (Å²) in [6, 6.07) is 5.94. The summed E-state index contributed by atoms with van der Waals surface area (Å²) in [4.78, 5) is 0. The Hall–Kier alpha value is -0.380. The number of hydroxylamine groups is 1. The zero-order chi connectivity index (χ0) is 8.27. The molecule has 2 nitrogen and oxygen atoms in total. The Morgan fingerprint density at radius 2 is 2.27 bits per heavy atom. The second kappa shape index (κ2) is 3.85. The number of hydrogen-bond donors (Lipinski definition) is 2. The van der Waals surface area contributed by atoms with Gasteiger partial charge in [0, 0.05) is 11.0 Å². The number of rotatable bonds is 2. The van der Waals surface area contributed by atoms with Crippen molar-refractivity contribution < 1.29 is 5.21 Å². The third-order valence-corrected chi connectivity index (χ3v) is 2.68. The van der Waals surface area contributed by atoms with Crippen LogP contribution in [0.3, 0.4) is 0 Å². The summed E-state index contributed by atoms with van der Waals surface area (Å²) in [6.07, 6.45) is 0. The van der Waals surface area contributed by atoms with E-state index in [-0.39, 0.29) is 0 Å². The zero-order valence-corrected chi connectivity index (χ0v) is 7.85. The Morgan fingerprint density at radius 1 is 1.55 bits per heavy atom. The average Bonchev–Trinajstić information content (AvgIpc) is 1.99. The van der Waals surface area contributed by atoms with E-state index in [1.165, 1.54) is 5.56 Å². The Kier molecular flexibility index (Phi) is 3.05. The Morgan fingerprint density at radius 3 is 2.91 bits per heavy atom. The lowest BCUT2D eigenvalue weighted by atomic mass is 10.1. The SMILES string of the molecule is Cc1cccc(CNO)c1Br. The van der Waals surface area contributed by atoms with Gasteiger partial charge >= 0.3 is 0 Å². The van der Waals surface area contributed by atoms with E-state index in [1.54, 1.807) is 0 Å². The second-order valence-electron chi connectivity index (χ2n) is 2.38. The van der Waals surface area contributed by atoms with Crippen LogP contribution in [0.25, 0.3) is 0 Å². The molecule has 0 spiro atoms. The maximum Gasteiger partial charge on any atom is 0.0469 e. The van der Waals surface area contributed by atoms with Crippen LogP contribution in [0.4, 0.5) is 0 Å². The number of aryl methyl sites for hydroxylation is 1. The van der Waals surface area contributed by atoms with Crippen molar-refractivity contribution in [3.05, 3.63) is 33.8 Å². The molecule has 0 heterocycles. The number of nitrogens with one attached hydrogen (secondary N) is 1. The van der Waals surface area contributed by atoms with Gasteiger partial charge < -0.3 is 5.21 Å². The predicted molar refractivity (Wildman–Crippen MR) is 47.5 cm³/mol. The van der Waals surface area contributed by atoms with E-state index in [2.05, 4.69) is 21.4 Å². The van der Waals surface area contributed by atoms with Gasteiger partial charge in [-0.2, -0.15) is 0 Å². The highest BCUT2D eigenvalue weighted by Gasteiger charge is 1.99. The minimum atomic E-state index is 0.474. The molecule has 0 unspecified atom stereocenters. The van der Waals surface area contributed by atoms with Crippen LogP contribution in [0.15, 0.2) is 22.7 Å². The van der Waals surface area contributed by atoms with Gasteiger partial charge in [0.1, 0.15) is 0 Å². The third-order valence-electron chi connectivity index (χ3n) is 1.54. The van der Waals surface area contributed by atoms with Crippen molar-refractivity contribution >= 4 is 15.9 Å². The second-order valence-corrected chi connectivity index (χ2v) is 3.18. The Labute approximate surface area is 74.3 Å². The molecule has 0 aromatic heterocycles. The van der Waals surface area contributed by atoms with Gasteiger partial charge in [0.2, 0.25) is 0 Å². The van der Waals surface area contributed by atoms with Crippen LogP contribution >= 0.6 is 15.9 Å². The molecule has 0 bridgehead atoms. The Bertz CT molecular complexity index is 250. The van der Waals surface area contributed by atoms with Gasteiger partial charge in [-0.3, -0.25) is 0 Å². The molecule has 11 heavy (non-hydrogen) atoms. The van der Waals surface area contributed by atoms with Gasteiger partial charge in [0.25, 0.3) is 0 Å². The predicted octanol–water partition coefficient (Wildman–Crippen LogP) is 2.24. The first-order chi connectivity index (χ1) is 5.25. The standard InChI is InChI=1S/C8H10BrNO/c1-6-3-2-4-7(5-10-11)8(6)9/h2-4,10-11H,5H2,1H3. The zero-order valence-electron chi connectivity index (χ0n) is 6.26. The fraction of sp³-hybridized carbons (Fsp3) is 0.250. The molecule has 0 aliphatic carbocycles. The van der Waals surface area contributed by atoms with Crippen LogP contribution in [0.1, 0.15) is 11.1 Å². The van der Waals surface area contributed by atoms with Crippen molar-refractivity contribution in [1.82, 2.24) is 5.48 Å². The molecule has 0 fully saturated rings. The van der Waals surface area contributed by atoms with E-state index in [0.717, 1.165) is 10.0 Å². The fourth-order valence-corrected chi connectivity index (χ4v) is 1.33. The molecule has 0 aliphatic heterocycles. The molecule has 0 amide bonds. The molecule has 2 N–H and O–H groups in total. The van der Waals surface area contributed by atoms with Crippen LogP contribution in [0, 0.1) is 6.92 Å². The summed E-state index contributed by atoms with van der Waals surface area (Å²) >= 11 is 3.43. The maximum atomic E-state index is 8.46. The van der Waals surface area contributed by atoms with Crippen molar-refractivity contribution in [2.24, 2.45) is 0 Å². The van der Waals surface area contributed by atoms with E-state index in [9.17, 15) is 0 Å². The van der Waals surface area contributed by atoms with Gasteiger partial charge in [0.05, 0.1) is 0 Å². The lowest BCUT2D eigenvalue weighted by Crippen LogP contribution is -2.06. The van der Waals surface area contributed by atoms with Crippen molar-refractivity contribution in [3.63, 3.8) is 0 Å². The average molecular weight is 216 g/mol. The Balaban J connectivity index is 2.96. The summed E-state index contributed by atoms with van der Waals surface area (Å²) in [7, 11) is 0. The highest BCUT2D eigenvalue weighted by molar-refractivity contribution is 9.10. The topological polar surface area (TPSA) is 32.3 Å². The largest absolute Gasteiger partial charge is 0.316 e. The normalized spacial score (nSPS) is 10.1. The van der Waals surface area contributed by atoms with E-state index < -0.39 is 0 Å². The summed E-state index contributed by atoms with van der Waals surface area (Å²) in [5.74, 6) is 0. The van der Waals surface area contributed by atoms with Crippen molar-refractivity contribution in [2.45, 2.75) is 13.5 Å². The molecule has 1 rings (SSSR count).